The molecule has 2 aromatic heterocycles. The summed E-state index contributed by atoms with van der Waals surface area (Å²) in [6, 6.07) is 8.32. The third-order valence-corrected chi connectivity index (χ3v) is 4.22. The van der Waals surface area contributed by atoms with E-state index in [0.29, 0.717) is 41.1 Å². The highest BCUT2D eigenvalue weighted by atomic mass is 32.2. The van der Waals surface area contributed by atoms with Gasteiger partial charge in [0.1, 0.15) is 11.6 Å². The van der Waals surface area contributed by atoms with Crippen LogP contribution in [0.5, 0.6) is 0 Å². The van der Waals surface area contributed by atoms with Crippen molar-refractivity contribution in [2.45, 2.75) is 12.3 Å². The van der Waals surface area contributed by atoms with Gasteiger partial charge in [-0.1, -0.05) is 0 Å². The zero-order valence-corrected chi connectivity index (χ0v) is 15.4. The number of nitrogens with one attached hydrogen (secondary N) is 3. The molecular weight excluding hydrogens is 366 g/mol. The number of urea groups is 1. The van der Waals surface area contributed by atoms with E-state index in [-0.39, 0.29) is 6.03 Å². The monoisotopic (exact) mass is 385 g/mol. The Morgan fingerprint density at radius 2 is 2.04 bits per heavy atom. The van der Waals surface area contributed by atoms with Crippen LogP contribution in [-0.4, -0.2) is 36.4 Å². The van der Waals surface area contributed by atoms with Crippen LogP contribution in [-0.2, 0) is 23.1 Å². The van der Waals surface area contributed by atoms with Crippen molar-refractivity contribution in [3.05, 3.63) is 54.2 Å². The highest BCUT2D eigenvalue weighted by Gasteiger charge is 2.08. The molecule has 27 heavy (non-hydrogen) atoms. The van der Waals surface area contributed by atoms with Crippen LogP contribution in [0.25, 0.3) is 11.4 Å². The molecule has 3 aromatic rings. The van der Waals surface area contributed by atoms with Gasteiger partial charge in [-0.05, 0) is 24.3 Å². The smallest absolute Gasteiger partial charge is 0.319 e. The van der Waals surface area contributed by atoms with Crippen LogP contribution < -0.4 is 16.4 Å². The van der Waals surface area contributed by atoms with Crippen molar-refractivity contribution in [2.24, 2.45) is 0 Å². The Kier molecular flexibility index (Phi) is 5.77. The van der Waals surface area contributed by atoms with Crippen LogP contribution in [0.1, 0.15) is 11.5 Å². The quantitative estimate of drug-likeness (QED) is 0.509. The predicted octanol–water partition coefficient (Wildman–Crippen LogP) is 1.65. The summed E-state index contributed by atoms with van der Waals surface area (Å²) in [6.45, 7) is 0.301. The van der Waals surface area contributed by atoms with Crippen LogP contribution in [0, 0.1) is 0 Å². The number of amides is 2. The summed E-state index contributed by atoms with van der Waals surface area (Å²) >= 11 is 0. The fourth-order valence-corrected chi connectivity index (χ4v) is 2.93. The van der Waals surface area contributed by atoms with Gasteiger partial charge in [-0.3, -0.25) is 4.21 Å². The number of carbonyl (C=O) groups excluding carboxylic acids is 1. The Morgan fingerprint density at radius 1 is 1.26 bits per heavy atom. The van der Waals surface area contributed by atoms with Crippen molar-refractivity contribution in [1.29, 1.82) is 0 Å². The van der Waals surface area contributed by atoms with E-state index in [1.54, 1.807) is 49.0 Å². The Labute approximate surface area is 158 Å². The molecule has 2 heterocycles. The minimum absolute atomic E-state index is 0.301. The first kappa shape index (κ1) is 18.5. The van der Waals surface area contributed by atoms with Crippen LogP contribution in [0.4, 0.5) is 16.3 Å². The molecule has 0 aliphatic rings. The number of aromatic amines is 1. The van der Waals surface area contributed by atoms with Gasteiger partial charge >= 0.3 is 6.03 Å². The van der Waals surface area contributed by atoms with E-state index in [2.05, 4.69) is 30.6 Å². The molecule has 2 amide bonds. The number of nitrogens with two attached hydrogens (primary N) is 1. The van der Waals surface area contributed by atoms with Crippen LogP contribution in [0.2, 0.25) is 0 Å². The average Bonchev–Trinajstić information content (AvgIpc) is 3.13. The SMILES string of the molecule is CS(=O)Cc1cc(N)nc(-c2ccc(NC(=O)NCc3ncc[nH]3)cc2)n1. The van der Waals surface area contributed by atoms with Crippen molar-refractivity contribution in [1.82, 2.24) is 25.3 Å². The molecule has 0 fully saturated rings. The summed E-state index contributed by atoms with van der Waals surface area (Å²) in [5.41, 5.74) is 7.80. The van der Waals surface area contributed by atoms with Gasteiger partial charge in [0.2, 0.25) is 0 Å². The molecule has 0 spiro atoms. The summed E-state index contributed by atoms with van der Waals surface area (Å²) in [7, 11) is -1.02. The van der Waals surface area contributed by atoms with Gasteiger partial charge in [-0.25, -0.2) is 19.7 Å². The van der Waals surface area contributed by atoms with Gasteiger partial charge in [0.25, 0.3) is 0 Å². The van der Waals surface area contributed by atoms with Crippen molar-refractivity contribution in [2.75, 3.05) is 17.3 Å². The average molecular weight is 385 g/mol. The Morgan fingerprint density at radius 3 is 2.70 bits per heavy atom. The number of nitrogen functional groups attached to an aromatic ring is 1. The number of nitrogens with zero attached hydrogens (tertiary/aromatic N) is 3. The fourth-order valence-electron chi connectivity index (χ4n) is 2.37. The number of imidazole rings is 1. The number of anilines is 2. The van der Waals surface area contributed by atoms with Crippen LogP contribution in [0.3, 0.4) is 0 Å². The van der Waals surface area contributed by atoms with Gasteiger partial charge in [0.15, 0.2) is 5.82 Å². The van der Waals surface area contributed by atoms with E-state index >= 15 is 0 Å². The maximum atomic E-state index is 11.9. The molecule has 0 aliphatic carbocycles. The summed E-state index contributed by atoms with van der Waals surface area (Å²) in [5, 5.41) is 5.43. The molecule has 3 rings (SSSR count). The van der Waals surface area contributed by atoms with Gasteiger partial charge in [-0.15, -0.1) is 0 Å². The number of rotatable bonds is 6. The van der Waals surface area contributed by atoms with Crippen molar-refractivity contribution in [3.63, 3.8) is 0 Å². The molecule has 0 radical (unpaired) electrons. The second-order valence-electron chi connectivity index (χ2n) is 5.75. The van der Waals surface area contributed by atoms with Crippen LogP contribution in [0.15, 0.2) is 42.7 Å². The minimum Gasteiger partial charge on any atom is -0.384 e. The molecule has 0 saturated heterocycles. The lowest BCUT2D eigenvalue weighted by atomic mass is 10.2. The standard InChI is InChI=1S/C17H19N7O2S/c1-27(26)10-13-8-14(18)24-16(22-13)11-2-4-12(5-3-11)23-17(25)21-9-15-19-6-7-20-15/h2-8H,9-10H2,1H3,(H,19,20)(H2,18,22,24)(H2,21,23,25). The summed E-state index contributed by atoms with van der Waals surface area (Å²) < 4.78 is 11.4. The molecule has 0 bridgehead atoms. The van der Waals surface area contributed by atoms with Crippen LogP contribution >= 0.6 is 0 Å². The molecule has 0 aliphatic heterocycles. The number of H-pyrrole nitrogens is 1. The molecule has 1 atom stereocenters. The van der Waals surface area contributed by atoms with Crippen molar-refractivity contribution in [3.8, 4) is 11.4 Å². The molecule has 1 unspecified atom stereocenters. The van der Waals surface area contributed by atoms with E-state index in [1.165, 1.54) is 0 Å². The van der Waals surface area contributed by atoms with Crippen molar-refractivity contribution >= 4 is 28.3 Å². The predicted molar refractivity (Wildman–Crippen MR) is 104 cm³/mol. The topological polar surface area (TPSA) is 139 Å². The second kappa shape index (κ2) is 8.41. The van der Waals surface area contributed by atoms with E-state index in [9.17, 15) is 9.00 Å². The molecule has 0 saturated carbocycles. The Balaban J connectivity index is 1.65. The molecule has 10 heteroatoms. The summed E-state index contributed by atoms with van der Waals surface area (Å²) in [5.74, 6) is 1.75. The molecule has 9 nitrogen and oxygen atoms in total. The Bertz CT molecular complexity index is 942. The first-order valence-corrected chi connectivity index (χ1v) is 9.79. The zero-order chi connectivity index (χ0) is 19.2. The third kappa shape index (κ3) is 5.35. The van der Waals surface area contributed by atoms with E-state index in [0.717, 1.165) is 5.56 Å². The Hall–Kier alpha value is -3.27. The molecule has 140 valence electrons. The van der Waals surface area contributed by atoms with Crippen molar-refractivity contribution < 1.29 is 9.00 Å². The molecule has 5 N–H and O–H groups in total. The number of aromatic nitrogens is 4. The lowest BCUT2D eigenvalue weighted by Crippen LogP contribution is -2.28. The lowest BCUT2D eigenvalue weighted by molar-refractivity contribution is 0.251. The number of hydrogen-bond donors (Lipinski definition) is 4. The van der Waals surface area contributed by atoms with E-state index in [4.69, 9.17) is 5.73 Å². The summed E-state index contributed by atoms with van der Waals surface area (Å²) in [4.78, 5) is 27.5. The summed E-state index contributed by atoms with van der Waals surface area (Å²) in [6.07, 6.45) is 4.92. The largest absolute Gasteiger partial charge is 0.384 e. The molecule has 1 aromatic carbocycles. The second-order valence-corrected chi connectivity index (χ2v) is 7.18. The first-order chi connectivity index (χ1) is 13.0. The van der Waals surface area contributed by atoms with Gasteiger partial charge in [0.05, 0.1) is 18.0 Å². The van der Waals surface area contributed by atoms with E-state index < -0.39 is 10.8 Å². The van der Waals surface area contributed by atoms with Gasteiger partial charge < -0.3 is 21.4 Å². The number of hydrogen-bond acceptors (Lipinski definition) is 6. The number of benzene rings is 1. The molecular formula is C17H19N7O2S. The highest BCUT2D eigenvalue weighted by Crippen LogP contribution is 2.20. The third-order valence-electron chi connectivity index (χ3n) is 3.52. The maximum Gasteiger partial charge on any atom is 0.319 e. The van der Waals surface area contributed by atoms with E-state index in [1.807, 2.05) is 0 Å². The maximum absolute atomic E-state index is 11.9. The highest BCUT2D eigenvalue weighted by molar-refractivity contribution is 7.83. The normalized spacial score (nSPS) is 11.7. The lowest BCUT2D eigenvalue weighted by Gasteiger charge is -2.08. The minimum atomic E-state index is -1.02. The number of carbonyl (C=O) groups is 1. The fraction of sp³-hybridized carbons (Fsp3) is 0.176. The first-order valence-electron chi connectivity index (χ1n) is 8.06. The van der Waals surface area contributed by atoms with Gasteiger partial charge in [0, 0.05) is 46.8 Å². The zero-order valence-electron chi connectivity index (χ0n) is 14.6. The van der Waals surface area contributed by atoms with Gasteiger partial charge in [-0.2, -0.15) is 0 Å².